The van der Waals surface area contributed by atoms with E-state index in [9.17, 15) is 0 Å². The molecule has 1 aromatic rings. The first kappa shape index (κ1) is 11.2. The fraction of sp³-hybridized carbons (Fsp3) is 0.727. The zero-order valence-electron chi connectivity index (χ0n) is 9.40. The summed E-state index contributed by atoms with van der Waals surface area (Å²) in [6, 6.07) is 0.222. The highest BCUT2D eigenvalue weighted by Crippen LogP contribution is 2.07. The Morgan fingerprint density at radius 2 is 2.21 bits per heavy atom. The third kappa shape index (κ3) is 2.84. The normalized spacial score (nSPS) is 13.5. The Balaban J connectivity index is 2.61. The van der Waals surface area contributed by atoms with Gasteiger partial charge < -0.3 is 10.3 Å². The SMILES string of the molecule is CCCc1cncn1CC(N)C(C)C. The maximum absolute atomic E-state index is 6.02. The van der Waals surface area contributed by atoms with Crippen molar-refractivity contribution in [2.75, 3.05) is 0 Å². The second-order valence-electron chi connectivity index (χ2n) is 4.20. The van der Waals surface area contributed by atoms with E-state index in [2.05, 4.69) is 30.3 Å². The van der Waals surface area contributed by atoms with E-state index in [0.29, 0.717) is 5.92 Å². The van der Waals surface area contributed by atoms with Gasteiger partial charge >= 0.3 is 0 Å². The number of hydrogen-bond donors (Lipinski definition) is 1. The van der Waals surface area contributed by atoms with Crippen molar-refractivity contribution in [1.82, 2.24) is 9.55 Å². The van der Waals surface area contributed by atoms with Crippen LogP contribution in [0.3, 0.4) is 0 Å². The smallest absolute Gasteiger partial charge is 0.0948 e. The van der Waals surface area contributed by atoms with E-state index in [4.69, 9.17) is 5.73 Å². The molecule has 0 bridgehead atoms. The molecule has 0 aromatic carbocycles. The minimum Gasteiger partial charge on any atom is -0.333 e. The van der Waals surface area contributed by atoms with Crippen molar-refractivity contribution in [3.05, 3.63) is 18.2 Å². The van der Waals surface area contributed by atoms with Crippen molar-refractivity contribution in [2.45, 2.75) is 46.2 Å². The molecule has 0 aliphatic carbocycles. The van der Waals surface area contributed by atoms with Gasteiger partial charge in [0.2, 0.25) is 0 Å². The van der Waals surface area contributed by atoms with Gasteiger partial charge in [0.25, 0.3) is 0 Å². The zero-order chi connectivity index (χ0) is 10.6. The highest BCUT2D eigenvalue weighted by molar-refractivity contribution is 4.98. The largest absolute Gasteiger partial charge is 0.333 e. The summed E-state index contributed by atoms with van der Waals surface area (Å²) in [7, 11) is 0. The summed E-state index contributed by atoms with van der Waals surface area (Å²) < 4.78 is 2.17. The predicted octanol–water partition coefficient (Wildman–Crippen LogP) is 1.82. The van der Waals surface area contributed by atoms with E-state index in [-0.39, 0.29) is 6.04 Å². The lowest BCUT2D eigenvalue weighted by Crippen LogP contribution is -2.31. The summed E-state index contributed by atoms with van der Waals surface area (Å²) in [5.74, 6) is 0.520. The molecule has 3 heteroatoms. The molecule has 0 spiro atoms. The molecular formula is C11H21N3. The molecule has 3 nitrogen and oxygen atoms in total. The molecule has 0 radical (unpaired) electrons. The molecule has 1 heterocycles. The molecule has 0 saturated carbocycles. The molecule has 14 heavy (non-hydrogen) atoms. The molecule has 0 fully saturated rings. The zero-order valence-corrected chi connectivity index (χ0v) is 9.40. The summed E-state index contributed by atoms with van der Waals surface area (Å²) in [6.07, 6.45) is 6.07. The Kier molecular flexibility index (Phi) is 4.14. The topological polar surface area (TPSA) is 43.8 Å². The molecule has 1 unspecified atom stereocenters. The van der Waals surface area contributed by atoms with Crippen molar-refractivity contribution in [3.8, 4) is 0 Å². The lowest BCUT2D eigenvalue weighted by atomic mass is 10.1. The van der Waals surface area contributed by atoms with E-state index in [1.54, 1.807) is 0 Å². The second kappa shape index (κ2) is 5.15. The van der Waals surface area contributed by atoms with Gasteiger partial charge in [-0.25, -0.2) is 4.98 Å². The van der Waals surface area contributed by atoms with E-state index in [1.807, 2.05) is 12.5 Å². The first-order chi connectivity index (χ1) is 6.65. The molecule has 1 rings (SSSR count). The summed E-state index contributed by atoms with van der Waals surface area (Å²) in [5, 5.41) is 0. The van der Waals surface area contributed by atoms with Gasteiger partial charge in [0.15, 0.2) is 0 Å². The molecule has 1 aromatic heterocycles. The fourth-order valence-corrected chi connectivity index (χ4v) is 1.41. The minimum atomic E-state index is 0.222. The van der Waals surface area contributed by atoms with E-state index in [1.165, 1.54) is 5.69 Å². The van der Waals surface area contributed by atoms with Crippen LogP contribution in [0.15, 0.2) is 12.5 Å². The maximum Gasteiger partial charge on any atom is 0.0948 e. The number of aromatic nitrogens is 2. The molecule has 1 atom stereocenters. The molecule has 0 amide bonds. The van der Waals surface area contributed by atoms with Gasteiger partial charge in [-0.1, -0.05) is 27.2 Å². The molecule has 0 aliphatic rings. The Morgan fingerprint density at radius 1 is 1.50 bits per heavy atom. The summed E-state index contributed by atoms with van der Waals surface area (Å²) in [5.41, 5.74) is 7.32. The Morgan fingerprint density at radius 3 is 2.79 bits per heavy atom. The fourth-order valence-electron chi connectivity index (χ4n) is 1.41. The van der Waals surface area contributed by atoms with Crippen LogP contribution in [0.25, 0.3) is 0 Å². The van der Waals surface area contributed by atoms with Crippen LogP contribution in [0, 0.1) is 5.92 Å². The molecule has 2 N–H and O–H groups in total. The quantitative estimate of drug-likeness (QED) is 0.779. The van der Waals surface area contributed by atoms with E-state index >= 15 is 0 Å². The maximum atomic E-state index is 6.02. The van der Waals surface area contributed by atoms with Crippen LogP contribution in [-0.2, 0) is 13.0 Å². The van der Waals surface area contributed by atoms with Gasteiger partial charge in [-0.05, 0) is 12.3 Å². The van der Waals surface area contributed by atoms with Gasteiger partial charge in [-0.2, -0.15) is 0 Å². The Hall–Kier alpha value is -0.830. The van der Waals surface area contributed by atoms with Crippen molar-refractivity contribution in [3.63, 3.8) is 0 Å². The van der Waals surface area contributed by atoms with Crippen molar-refractivity contribution < 1.29 is 0 Å². The van der Waals surface area contributed by atoms with Gasteiger partial charge in [-0.3, -0.25) is 0 Å². The van der Waals surface area contributed by atoms with Crippen LogP contribution in [-0.4, -0.2) is 15.6 Å². The third-order valence-electron chi connectivity index (χ3n) is 2.57. The van der Waals surface area contributed by atoms with Gasteiger partial charge in [0, 0.05) is 24.5 Å². The molecule has 0 saturated heterocycles. The van der Waals surface area contributed by atoms with Gasteiger partial charge in [0.1, 0.15) is 0 Å². The first-order valence-corrected chi connectivity index (χ1v) is 5.39. The van der Waals surface area contributed by atoms with Crippen LogP contribution in [0.4, 0.5) is 0 Å². The van der Waals surface area contributed by atoms with Crippen LogP contribution >= 0.6 is 0 Å². The number of imidazole rings is 1. The van der Waals surface area contributed by atoms with Crippen LogP contribution in [0.5, 0.6) is 0 Å². The highest BCUT2D eigenvalue weighted by atomic mass is 15.1. The summed E-state index contributed by atoms with van der Waals surface area (Å²) in [4.78, 5) is 4.16. The summed E-state index contributed by atoms with van der Waals surface area (Å²) >= 11 is 0. The van der Waals surface area contributed by atoms with Gasteiger partial charge in [-0.15, -0.1) is 0 Å². The van der Waals surface area contributed by atoms with Gasteiger partial charge in [0.05, 0.1) is 6.33 Å². The van der Waals surface area contributed by atoms with Crippen molar-refractivity contribution in [2.24, 2.45) is 11.7 Å². The summed E-state index contributed by atoms with van der Waals surface area (Å²) in [6.45, 7) is 7.37. The third-order valence-corrected chi connectivity index (χ3v) is 2.57. The van der Waals surface area contributed by atoms with Crippen molar-refractivity contribution in [1.29, 1.82) is 0 Å². The monoisotopic (exact) mass is 195 g/mol. The van der Waals surface area contributed by atoms with Crippen LogP contribution in [0.2, 0.25) is 0 Å². The predicted molar refractivity (Wildman–Crippen MR) is 59.0 cm³/mol. The number of aryl methyl sites for hydroxylation is 1. The lowest BCUT2D eigenvalue weighted by molar-refractivity contribution is 0.427. The lowest BCUT2D eigenvalue weighted by Gasteiger charge is -2.17. The molecule has 80 valence electrons. The number of rotatable bonds is 5. The van der Waals surface area contributed by atoms with Crippen molar-refractivity contribution >= 4 is 0 Å². The Labute approximate surface area is 86.3 Å². The van der Waals surface area contributed by atoms with Crippen LogP contribution in [0.1, 0.15) is 32.9 Å². The number of nitrogens with zero attached hydrogens (tertiary/aromatic N) is 2. The Bertz CT molecular complexity index is 265. The molecular weight excluding hydrogens is 174 g/mol. The number of nitrogens with two attached hydrogens (primary N) is 1. The highest BCUT2D eigenvalue weighted by Gasteiger charge is 2.10. The molecule has 0 aliphatic heterocycles. The number of hydrogen-bond acceptors (Lipinski definition) is 2. The average Bonchev–Trinajstić information content (AvgIpc) is 2.53. The standard InChI is InChI=1S/C11H21N3/c1-4-5-10-6-13-8-14(10)7-11(12)9(2)3/h6,8-9,11H,4-5,7,12H2,1-3H3. The first-order valence-electron chi connectivity index (χ1n) is 5.39. The van der Waals surface area contributed by atoms with E-state index < -0.39 is 0 Å². The average molecular weight is 195 g/mol. The van der Waals surface area contributed by atoms with E-state index in [0.717, 1.165) is 19.4 Å². The minimum absolute atomic E-state index is 0.222. The van der Waals surface area contributed by atoms with Crippen LogP contribution < -0.4 is 5.73 Å². The second-order valence-corrected chi connectivity index (χ2v) is 4.20.